The molecule has 0 aliphatic heterocycles. The van der Waals surface area contributed by atoms with Crippen LogP contribution in [0.3, 0.4) is 0 Å². The van der Waals surface area contributed by atoms with Crippen molar-refractivity contribution in [3.05, 3.63) is 68.5 Å². The summed E-state index contributed by atoms with van der Waals surface area (Å²) in [5.74, 6) is 1.79. The minimum Gasteiger partial charge on any atom is -0.427 e. The summed E-state index contributed by atoms with van der Waals surface area (Å²) in [4.78, 5) is 33.9. The van der Waals surface area contributed by atoms with Gasteiger partial charge in [-0.3, -0.25) is 14.4 Å². The van der Waals surface area contributed by atoms with Crippen LogP contribution < -0.4 is 13.5 Å². The van der Waals surface area contributed by atoms with Crippen molar-refractivity contribution in [3.8, 4) is 11.5 Å². The Balaban J connectivity index is 1.58. The second-order valence-electron chi connectivity index (χ2n) is 6.08. The van der Waals surface area contributed by atoms with Crippen LogP contribution in [0.25, 0.3) is 0 Å². The van der Waals surface area contributed by atoms with Gasteiger partial charge in [0.2, 0.25) is 0 Å². The quantitative estimate of drug-likeness (QED) is 0.237. The fourth-order valence-corrected chi connectivity index (χ4v) is 7.52. The fraction of sp³-hybridized carbons (Fsp3) is 0.190. The van der Waals surface area contributed by atoms with Crippen LogP contribution in [-0.4, -0.2) is 11.9 Å². The van der Waals surface area contributed by atoms with Crippen LogP contribution in [0.4, 0.5) is 0 Å². The third-order valence-corrected chi connectivity index (χ3v) is 8.85. The molecule has 1 aromatic heterocycles. The maximum atomic E-state index is 11.9. The van der Waals surface area contributed by atoms with Gasteiger partial charge in [0.15, 0.2) is 0 Å². The summed E-state index contributed by atoms with van der Waals surface area (Å²) >= 11 is 5.79. The van der Waals surface area contributed by atoms with Crippen molar-refractivity contribution in [2.75, 3.05) is 0 Å². The first-order chi connectivity index (χ1) is 14.4. The average molecular weight is 479 g/mol. The van der Waals surface area contributed by atoms with Crippen molar-refractivity contribution < 1.29 is 19.1 Å². The highest BCUT2D eigenvalue weighted by Crippen LogP contribution is 2.39. The molecule has 5 nitrogen and oxygen atoms in total. The molecule has 3 aromatic rings. The van der Waals surface area contributed by atoms with Gasteiger partial charge in [0.1, 0.15) is 11.5 Å². The van der Waals surface area contributed by atoms with Crippen LogP contribution in [-0.2, 0) is 21.1 Å². The zero-order valence-corrected chi connectivity index (χ0v) is 19.5. The van der Waals surface area contributed by atoms with Crippen LogP contribution in [0.2, 0.25) is 0 Å². The summed E-state index contributed by atoms with van der Waals surface area (Å²) < 4.78 is 12.2. The molecule has 0 aliphatic carbocycles. The highest BCUT2D eigenvalue weighted by atomic mass is 32.2. The highest BCUT2D eigenvalue weighted by molar-refractivity contribution is 8.04. The van der Waals surface area contributed by atoms with Gasteiger partial charge in [-0.25, -0.2) is 0 Å². The van der Waals surface area contributed by atoms with E-state index in [1.165, 1.54) is 36.5 Å². The van der Waals surface area contributed by atoms with Crippen LogP contribution in [0.15, 0.2) is 61.7 Å². The number of rotatable bonds is 8. The number of thioether (sulfide) groups is 2. The number of hydrogen-bond acceptors (Lipinski definition) is 9. The van der Waals surface area contributed by atoms with Gasteiger partial charge < -0.3 is 9.47 Å². The van der Waals surface area contributed by atoms with Gasteiger partial charge >= 0.3 is 11.9 Å². The molecule has 0 radical (unpaired) electrons. The van der Waals surface area contributed by atoms with Gasteiger partial charge in [0.05, 0.1) is 8.42 Å². The predicted octanol–water partition coefficient (Wildman–Crippen LogP) is 5.61. The van der Waals surface area contributed by atoms with E-state index in [9.17, 15) is 14.4 Å². The topological polar surface area (TPSA) is 69.7 Å². The van der Waals surface area contributed by atoms with Gasteiger partial charge in [0, 0.05) is 25.4 Å². The third kappa shape index (κ3) is 7.02. The zero-order valence-electron chi connectivity index (χ0n) is 16.2. The Kier molecular flexibility index (Phi) is 8.15. The van der Waals surface area contributed by atoms with E-state index in [-0.39, 0.29) is 16.0 Å². The standard InChI is InChI=1S/C21H18O5S4/c1-13(22)25-17-7-3-15(4-8-17)11-27-19-20(30-21(24)29-19)28-12-16-5-9-18(10-6-16)26-14(2)23/h3-10H,11-12H2,1-2H3. The van der Waals surface area contributed by atoms with Gasteiger partial charge in [-0.05, 0) is 35.4 Å². The summed E-state index contributed by atoms with van der Waals surface area (Å²) in [6.07, 6.45) is 0. The molecule has 0 N–H and O–H groups in total. The Hall–Kier alpha value is -2.07. The maximum absolute atomic E-state index is 11.9. The number of ether oxygens (including phenoxy) is 2. The summed E-state index contributed by atoms with van der Waals surface area (Å²) in [7, 11) is 0. The molecule has 0 saturated carbocycles. The molecule has 0 saturated heterocycles. The monoisotopic (exact) mass is 478 g/mol. The molecule has 156 valence electrons. The van der Waals surface area contributed by atoms with E-state index in [4.69, 9.17) is 9.47 Å². The molecule has 0 unspecified atom stereocenters. The second-order valence-corrected chi connectivity index (χ2v) is 10.8. The Labute approximate surface area is 190 Å². The first-order valence-electron chi connectivity index (χ1n) is 8.83. The van der Waals surface area contributed by atoms with E-state index in [1.54, 1.807) is 47.8 Å². The minimum absolute atomic E-state index is 0.0791. The Morgan fingerprint density at radius 1 is 0.733 bits per heavy atom. The predicted molar refractivity (Wildman–Crippen MR) is 123 cm³/mol. The average Bonchev–Trinajstić information content (AvgIpc) is 3.05. The van der Waals surface area contributed by atoms with Crippen molar-refractivity contribution in [2.24, 2.45) is 0 Å². The third-order valence-electron chi connectivity index (χ3n) is 3.63. The van der Waals surface area contributed by atoms with Gasteiger partial charge in [0.25, 0.3) is 4.06 Å². The molecule has 2 aromatic carbocycles. The molecule has 0 fully saturated rings. The van der Waals surface area contributed by atoms with Crippen LogP contribution in [0, 0.1) is 0 Å². The molecule has 0 amide bonds. The zero-order chi connectivity index (χ0) is 21.5. The highest BCUT2D eigenvalue weighted by Gasteiger charge is 2.11. The molecule has 0 aliphatic rings. The van der Waals surface area contributed by atoms with E-state index in [0.717, 1.165) is 31.1 Å². The summed E-state index contributed by atoms with van der Waals surface area (Å²) in [6, 6.07) is 14.7. The number of hydrogen-bond donors (Lipinski definition) is 0. The number of esters is 2. The van der Waals surface area contributed by atoms with Crippen LogP contribution in [0.1, 0.15) is 25.0 Å². The molecule has 30 heavy (non-hydrogen) atoms. The summed E-state index contributed by atoms with van der Waals surface area (Å²) in [6.45, 7) is 2.74. The lowest BCUT2D eigenvalue weighted by Gasteiger charge is -2.06. The molecule has 0 bridgehead atoms. The minimum atomic E-state index is -0.345. The Bertz CT molecular complexity index is 984. The van der Waals surface area contributed by atoms with Crippen LogP contribution >= 0.6 is 46.2 Å². The SMILES string of the molecule is CC(=O)Oc1ccc(CSc2sc(=O)sc2SCc2ccc(OC(C)=O)cc2)cc1. The van der Waals surface area contributed by atoms with Gasteiger partial charge in [-0.1, -0.05) is 46.9 Å². The molecule has 1 heterocycles. The molecule has 9 heteroatoms. The van der Waals surface area contributed by atoms with Crippen molar-refractivity contribution in [3.63, 3.8) is 0 Å². The van der Waals surface area contributed by atoms with Crippen molar-refractivity contribution >= 4 is 58.1 Å². The molecule has 0 atom stereocenters. The molecular formula is C21H18O5S4. The van der Waals surface area contributed by atoms with E-state index in [1.807, 2.05) is 24.3 Å². The smallest absolute Gasteiger partial charge is 0.308 e. The first kappa shape index (κ1) is 22.6. The lowest BCUT2D eigenvalue weighted by atomic mass is 10.2. The van der Waals surface area contributed by atoms with E-state index >= 15 is 0 Å². The maximum Gasteiger partial charge on any atom is 0.308 e. The molecular weight excluding hydrogens is 460 g/mol. The number of carbonyl (C=O) groups excluding carboxylic acids is 2. The normalized spacial score (nSPS) is 10.6. The Morgan fingerprint density at radius 3 is 1.43 bits per heavy atom. The van der Waals surface area contributed by atoms with E-state index in [2.05, 4.69) is 0 Å². The summed E-state index contributed by atoms with van der Waals surface area (Å²) in [5.41, 5.74) is 2.16. The summed E-state index contributed by atoms with van der Waals surface area (Å²) in [5, 5.41) is 0. The first-order valence-corrected chi connectivity index (χ1v) is 12.4. The van der Waals surface area contributed by atoms with Gasteiger partial charge in [-0.2, -0.15) is 0 Å². The lowest BCUT2D eigenvalue weighted by molar-refractivity contribution is -0.132. The number of benzene rings is 2. The number of carbonyl (C=O) groups is 2. The van der Waals surface area contributed by atoms with Crippen molar-refractivity contribution in [1.82, 2.24) is 0 Å². The van der Waals surface area contributed by atoms with E-state index < -0.39 is 0 Å². The molecule has 3 rings (SSSR count). The van der Waals surface area contributed by atoms with Crippen molar-refractivity contribution in [1.29, 1.82) is 0 Å². The largest absolute Gasteiger partial charge is 0.427 e. The Morgan fingerprint density at radius 2 is 1.10 bits per heavy atom. The van der Waals surface area contributed by atoms with Crippen LogP contribution in [0.5, 0.6) is 11.5 Å². The lowest BCUT2D eigenvalue weighted by Crippen LogP contribution is -2.00. The van der Waals surface area contributed by atoms with Gasteiger partial charge in [-0.15, -0.1) is 23.5 Å². The van der Waals surface area contributed by atoms with Crippen molar-refractivity contribution in [2.45, 2.75) is 33.8 Å². The molecule has 0 spiro atoms. The second kappa shape index (κ2) is 10.8. The fourth-order valence-electron chi connectivity index (χ4n) is 2.37. The van der Waals surface area contributed by atoms with E-state index in [0.29, 0.717) is 11.5 Å².